The van der Waals surface area contributed by atoms with E-state index in [1.165, 1.54) is 6.07 Å². The van der Waals surface area contributed by atoms with Crippen LogP contribution >= 0.6 is 15.9 Å². The highest BCUT2D eigenvalue weighted by atomic mass is 79.9. The van der Waals surface area contributed by atoms with Crippen LogP contribution in [0.1, 0.15) is 28.6 Å². The Labute approximate surface area is 121 Å². The number of aromatic nitrogens is 1. The second-order valence-electron chi connectivity index (χ2n) is 4.67. The van der Waals surface area contributed by atoms with Gasteiger partial charge < -0.3 is 5.73 Å². The van der Waals surface area contributed by atoms with Crippen LogP contribution in [0.25, 0.3) is 0 Å². The molecule has 0 spiro atoms. The Balaban J connectivity index is 2.23. The SMILES string of the molecule is Cc1ccc(C(N)Cc2ccc(Br)cc2F)c(C)n1. The average molecular weight is 323 g/mol. The standard InChI is InChI=1S/C15H16BrFN2/c1-9-3-6-13(10(2)19-9)15(18)7-11-4-5-12(16)8-14(11)17/h3-6,8,15H,7,18H2,1-2H3. The first-order valence-electron chi connectivity index (χ1n) is 6.11. The van der Waals surface area contributed by atoms with E-state index in [2.05, 4.69) is 20.9 Å². The molecule has 0 aliphatic carbocycles. The summed E-state index contributed by atoms with van der Waals surface area (Å²) in [6.45, 7) is 3.87. The monoisotopic (exact) mass is 322 g/mol. The first kappa shape index (κ1) is 14.2. The number of hydrogen-bond donors (Lipinski definition) is 1. The van der Waals surface area contributed by atoms with E-state index in [1.807, 2.05) is 32.0 Å². The summed E-state index contributed by atoms with van der Waals surface area (Å²) < 4.78 is 14.5. The number of hydrogen-bond acceptors (Lipinski definition) is 2. The van der Waals surface area contributed by atoms with Crippen LogP contribution in [0, 0.1) is 19.7 Å². The maximum atomic E-state index is 13.8. The van der Waals surface area contributed by atoms with Gasteiger partial charge in [0.25, 0.3) is 0 Å². The maximum absolute atomic E-state index is 13.8. The molecule has 2 nitrogen and oxygen atoms in total. The first-order valence-corrected chi connectivity index (χ1v) is 6.90. The summed E-state index contributed by atoms with van der Waals surface area (Å²) in [5.74, 6) is -0.234. The van der Waals surface area contributed by atoms with Gasteiger partial charge in [0.15, 0.2) is 0 Å². The maximum Gasteiger partial charge on any atom is 0.127 e. The predicted molar refractivity (Wildman–Crippen MR) is 78.4 cm³/mol. The molecule has 0 fully saturated rings. The van der Waals surface area contributed by atoms with Crippen LogP contribution < -0.4 is 5.73 Å². The third-order valence-corrected chi connectivity index (χ3v) is 3.61. The summed E-state index contributed by atoms with van der Waals surface area (Å²) in [5, 5.41) is 0. The fourth-order valence-corrected chi connectivity index (χ4v) is 2.46. The molecule has 1 atom stereocenters. The molecule has 2 N–H and O–H groups in total. The van der Waals surface area contributed by atoms with Crippen LogP contribution in [0.4, 0.5) is 4.39 Å². The van der Waals surface area contributed by atoms with Crippen molar-refractivity contribution in [2.45, 2.75) is 26.3 Å². The van der Waals surface area contributed by atoms with Gasteiger partial charge in [0.1, 0.15) is 5.82 Å². The highest BCUT2D eigenvalue weighted by Crippen LogP contribution is 2.22. The second-order valence-corrected chi connectivity index (χ2v) is 5.59. The lowest BCUT2D eigenvalue weighted by Crippen LogP contribution is -2.16. The van der Waals surface area contributed by atoms with Crippen molar-refractivity contribution >= 4 is 15.9 Å². The zero-order valence-electron chi connectivity index (χ0n) is 11.0. The molecule has 2 aromatic rings. The smallest absolute Gasteiger partial charge is 0.127 e. The minimum absolute atomic E-state index is 0.234. The number of halogens is 2. The molecule has 100 valence electrons. The van der Waals surface area contributed by atoms with Crippen LogP contribution in [-0.2, 0) is 6.42 Å². The van der Waals surface area contributed by atoms with Crippen LogP contribution in [0.15, 0.2) is 34.8 Å². The van der Waals surface area contributed by atoms with Gasteiger partial charge in [0, 0.05) is 21.9 Å². The van der Waals surface area contributed by atoms with Gasteiger partial charge in [-0.1, -0.05) is 28.1 Å². The summed E-state index contributed by atoms with van der Waals surface area (Å²) in [5.41, 5.74) is 9.62. The van der Waals surface area contributed by atoms with Gasteiger partial charge in [-0.15, -0.1) is 0 Å². The zero-order valence-corrected chi connectivity index (χ0v) is 12.5. The van der Waals surface area contributed by atoms with Crippen molar-refractivity contribution in [1.29, 1.82) is 0 Å². The van der Waals surface area contributed by atoms with Gasteiger partial charge in [-0.2, -0.15) is 0 Å². The van der Waals surface area contributed by atoms with Crippen molar-refractivity contribution in [2.75, 3.05) is 0 Å². The zero-order chi connectivity index (χ0) is 14.0. The minimum atomic E-state index is -0.247. The van der Waals surface area contributed by atoms with Crippen molar-refractivity contribution < 1.29 is 4.39 Å². The Morgan fingerprint density at radius 3 is 2.63 bits per heavy atom. The Kier molecular flexibility index (Phi) is 4.32. The second kappa shape index (κ2) is 5.80. The van der Waals surface area contributed by atoms with Gasteiger partial charge in [-0.25, -0.2) is 4.39 Å². The Bertz CT molecular complexity index is 599. The predicted octanol–water partition coefficient (Wildman–Crippen LogP) is 3.84. The molecule has 0 aliphatic heterocycles. The third-order valence-electron chi connectivity index (χ3n) is 3.12. The van der Waals surface area contributed by atoms with Gasteiger partial charge in [-0.05, 0) is 49.6 Å². The lowest BCUT2D eigenvalue weighted by Gasteiger charge is -2.15. The largest absolute Gasteiger partial charge is 0.324 e. The van der Waals surface area contributed by atoms with Crippen LogP contribution in [0.2, 0.25) is 0 Å². The van der Waals surface area contributed by atoms with Crippen LogP contribution in [0.5, 0.6) is 0 Å². The first-order chi connectivity index (χ1) is 8.97. The Morgan fingerprint density at radius 2 is 2.00 bits per heavy atom. The summed E-state index contributed by atoms with van der Waals surface area (Å²) in [6.07, 6.45) is 0.463. The van der Waals surface area contributed by atoms with Gasteiger partial charge in [0.2, 0.25) is 0 Å². The molecule has 0 amide bonds. The summed E-state index contributed by atoms with van der Waals surface area (Å²) in [4.78, 5) is 4.39. The average Bonchev–Trinajstić information content (AvgIpc) is 2.32. The topological polar surface area (TPSA) is 38.9 Å². The number of nitrogens with zero attached hydrogens (tertiary/aromatic N) is 1. The van der Waals surface area contributed by atoms with E-state index < -0.39 is 0 Å². The highest BCUT2D eigenvalue weighted by Gasteiger charge is 2.13. The lowest BCUT2D eigenvalue weighted by atomic mass is 9.98. The number of nitrogens with two attached hydrogens (primary N) is 1. The molecule has 1 heterocycles. The molecule has 19 heavy (non-hydrogen) atoms. The van der Waals surface area contributed by atoms with Crippen LogP contribution in [-0.4, -0.2) is 4.98 Å². The Hall–Kier alpha value is -1.26. The Morgan fingerprint density at radius 1 is 1.26 bits per heavy atom. The van der Waals surface area contributed by atoms with Crippen molar-refractivity contribution in [3.63, 3.8) is 0 Å². The molecule has 1 unspecified atom stereocenters. The number of benzene rings is 1. The lowest BCUT2D eigenvalue weighted by molar-refractivity contribution is 0.591. The quantitative estimate of drug-likeness (QED) is 0.932. The number of aryl methyl sites for hydroxylation is 2. The molecule has 1 aromatic carbocycles. The van der Waals surface area contributed by atoms with E-state index in [1.54, 1.807) is 6.07 Å². The molecule has 4 heteroatoms. The summed E-state index contributed by atoms with van der Waals surface area (Å²) in [6, 6.07) is 8.70. The van der Waals surface area contributed by atoms with E-state index in [-0.39, 0.29) is 11.9 Å². The van der Waals surface area contributed by atoms with E-state index in [9.17, 15) is 4.39 Å². The molecule has 0 radical (unpaired) electrons. The van der Waals surface area contributed by atoms with Crippen molar-refractivity contribution in [3.05, 3.63) is 63.1 Å². The molecule has 0 bridgehead atoms. The van der Waals surface area contributed by atoms with Crippen molar-refractivity contribution in [3.8, 4) is 0 Å². The van der Waals surface area contributed by atoms with Crippen molar-refractivity contribution in [1.82, 2.24) is 4.98 Å². The molecule has 0 saturated heterocycles. The number of rotatable bonds is 3. The fourth-order valence-electron chi connectivity index (χ4n) is 2.12. The molecule has 0 saturated carbocycles. The van der Waals surface area contributed by atoms with Crippen LogP contribution in [0.3, 0.4) is 0 Å². The van der Waals surface area contributed by atoms with E-state index in [4.69, 9.17) is 5.73 Å². The molecule has 1 aromatic heterocycles. The normalized spacial score (nSPS) is 12.5. The molecular weight excluding hydrogens is 307 g/mol. The number of pyridine rings is 1. The summed E-state index contributed by atoms with van der Waals surface area (Å²) in [7, 11) is 0. The van der Waals surface area contributed by atoms with Gasteiger partial charge in [0.05, 0.1) is 0 Å². The summed E-state index contributed by atoms with van der Waals surface area (Å²) >= 11 is 3.25. The van der Waals surface area contributed by atoms with Gasteiger partial charge >= 0.3 is 0 Å². The highest BCUT2D eigenvalue weighted by molar-refractivity contribution is 9.10. The molecule has 2 rings (SSSR count). The van der Waals surface area contributed by atoms with E-state index in [0.717, 1.165) is 21.4 Å². The van der Waals surface area contributed by atoms with Gasteiger partial charge in [-0.3, -0.25) is 4.98 Å². The van der Waals surface area contributed by atoms with E-state index >= 15 is 0 Å². The van der Waals surface area contributed by atoms with Crippen molar-refractivity contribution in [2.24, 2.45) is 5.73 Å². The third kappa shape index (κ3) is 3.39. The molecule has 0 aliphatic rings. The van der Waals surface area contributed by atoms with E-state index in [0.29, 0.717) is 12.0 Å². The minimum Gasteiger partial charge on any atom is -0.324 e. The molecular formula is C15H16BrFN2. The fraction of sp³-hybridized carbons (Fsp3) is 0.267.